The van der Waals surface area contributed by atoms with Crippen molar-refractivity contribution in [2.75, 3.05) is 38.4 Å². The Morgan fingerprint density at radius 3 is 2.31 bits per heavy atom. The lowest BCUT2D eigenvalue weighted by Gasteiger charge is -2.14. The highest BCUT2D eigenvalue weighted by molar-refractivity contribution is 5.86. The summed E-state index contributed by atoms with van der Waals surface area (Å²) in [6, 6.07) is 11.6. The third kappa shape index (κ3) is 9.63. The molecule has 4 rings (SSSR count). The molecule has 0 bridgehead atoms. The van der Waals surface area contributed by atoms with Crippen molar-refractivity contribution in [1.82, 2.24) is 15.3 Å². The van der Waals surface area contributed by atoms with Gasteiger partial charge in [-0.1, -0.05) is 24.3 Å². The lowest BCUT2D eigenvalue weighted by molar-refractivity contribution is -0.0504. The molecule has 3 aromatic rings. The lowest BCUT2D eigenvalue weighted by atomic mass is 10.0. The topological polar surface area (TPSA) is 111 Å². The molecule has 0 radical (unpaired) electrons. The third-order valence-electron chi connectivity index (χ3n) is 4.67. The van der Waals surface area contributed by atoms with Crippen LogP contribution in [0.3, 0.4) is 0 Å². The molecular formula is C25H31F2N5O3. The maximum Gasteiger partial charge on any atom is 0.387 e. The highest BCUT2D eigenvalue weighted by Gasteiger charge is 2.11. The predicted molar refractivity (Wildman–Crippen MR) is 133 cm³/mol. The van der Waals surface area contributed by atoms with Gasteiger partial charge in [0.05, 0.1) is 0 Å². The molecule has 1 aromatic heterocycles. The van der Waals surface area contributed by atoms with Crippen LogP contribution in [-0.4, -0.2) is 50.2 Å². The summed E-state index contributed by atoms with van der Waals surface area (Å²) in [6.07, 6.45) is 6.43. The molecule has 2 heterocycles. The van der Waals surface area contributed by atoms with Crippen molar-refractivity contribution in [3.63, 3.8) is 0 Å². The molecule has 8 nitrogen and oxygen atoms in total. The number of alkyl halides is 2. The SMILES string of the molecule is C1CCOC1.CNC.Nc1ncc(-c2ccc(C=O)c(NCc3ccccc3OC(F)F)c2)cn1. The van der Waals surface area contributed by atoms with Gasteiger partial charge in [0.2, 0.25) is 5.95 Å². The number of benzene rings is 2. The summed E-state index contributed by atoms with van der Waals surface area (Å²) in [4.78, 5) is 19.2. The Bertz CT molecular complexity index is 1020. The van der Waals surface area contributed by atoms with Crippen molar-refractivity contribution in [3.05, 3.63) is 66.0 Å². The third-order valence-corrected chi connectivity index (χ3v) is 4.67. The second-order valence-electron chi connectivity index (χ2n) is 7.41. The molecule has 2 aromatic carbocycles. The Balaban J connectivity index is 0.000000462. The first kappa shape index (κ1) is 27.6. The van der Waals surface area contributed by atoms with Gasteiger partial charge in [0, 0.05) is 54.5 Å². The number of carbonyl (C=O) groups is 1. The van der Waals surface area contributed by atoms with E-state index in [1.807, 2.05) is 14.1 Å². The number of halogens is 2. The number of para-hydroxylation sites is 1. The van der Waals surface area contributed by atoms with E-state index >= 15 is 0 Å². The lowest BCUT2D eigenvalue weighted by Crippen LogP contribution is -2.08. The van der Waals surface area contributed by atoms with Crippen molar-refractivity contribution in [2.24, 2.45) is 0 Å². The van der Waals surface area contributed by atoms with Gasteiger partial charge in [0.1, 0.15) is 5.75 Å². The zero-order valence-corrected chi connectivity index (χ0v) is 19.8. The Morgan fingerprint density at radius 1 is 1.09 bits per heavy atom. The van der Waals surface area contributed by atoms with Crippen LogP contribution in [0.4, 0.5) is 20.4 Å². The fourth-order valence-electron chi connectivity index (χ4n) is 3.04. The standard InChI is InChI=1S/C19H16F2N4O2.C4H8O.C2H7N/c20-18(21)27-17-4-2-1-3-13(17)8-23-16-7-12(5-6-14(16)11-26)15-9-24-19(22)25-10-15;1-2-4-5-3-1;1-3-2/h1-7,9-11,18,23H,8H2,(H2,22,24,25);1-4H2;3H,1-2H3. The number of aldehydes is 1. The van der Waals surface area contributed by atoms with E-state index in [1.54, 1.807) is 48.8 Å². The van der Waals surface area contributed by atoms with Crippen LogP contribution in [0, 0.1) is 0 Å². The molecule has 35 heavy (non-hydrogen) atoms. The average Bonchev–Trinajstić information content (AvgIpc) is 3.44. The number of nitrogens with one attached hydrogen (secondary N) is 2. The summed E-state index contributed by atoms with van der Waals surface area (Å²) in [7, 11) is 3.75. The summed E-state index contributed by atoms with van der Waals surface area (Å²) in [5, 5.41) is 5.84. The highest BCUT2D eigenvalue weighted by atomic mass is 19.3. The number of anilines is 2. The number of hydrogen-bond acceptors (Lipinski definition) is 8. The van der Waals surface area contributed by atoms with E-state index in [2.05, 4.69) is 25.3 Å². The first-order valence-corrected chi connectivity index (χ1v) is 11.1. The number of carbonyl (C=O) groups excluding carboxylic acids is 1. The molecule has 1 aliphatic rings. The number of ether oxygens (including phenoxy) is 2. The van der Waals surface area contributed by atoms with Crippen molar-refractivity contribution >= 4 is 17.9 Å². The number of nitrogen functional groups attached to an aromatic ring is 1. The van der Waals surface area contributed by atoms with Gasteiger partial charge in [0.25, 0.3) is 0 Å². The Labute approximate surface area is 203 Å². The van der Waals surface area contributed by atoms with Gasteiger partial charge in [-0.15, -0.1) is 0 Å². The van der Waals surface area contributed by atoms with E-state index in [1.165, 1.54) is 18.9 Å². The van der Waals surface area contributed by atoms with Crippen LogP contribution in [0.5, 0.6) is 5.75 Å². The summed E-state index contributed by atoms with van der Waals surface area (Å²) >= 11 is 0. The monoisotopic (exact) mass is 487 g/mol. The number of nitrogens with two attached hydrogens (primary N) is 1. The molecule has 0 spiro atoms. The van der Waals surface area contributed by atoms with Crippen LogP contribution >= 0.6 is 0 Å². The average molecular weight is 488 g/mol. The summed E-state index contributed by atoms with van der Waals surface area (Å²) in [6.45, 7) is -0.712. The summed E-state index contributed by atoms with van der Waals surface area (Å²) < 4.78 is 34.6. The molecular weight excluding hydrogens is 456 g/mol. The number of aromatic nitrogens is 2. The van der Waals surface area contributed by atoms with Crippen molar-refractivity contribution in [2.45, 2.75) is 26.0 Å². The van der Waals surface area contributed by atoms with E-state index in [4.69, 9.17) is 10.5 Å². The Morgan fingerprint density at radius 2 is 1.74 bits per heavy atom. The molecule has 1 aliphatic heterocycles. The molecule has 0 aliphatic carbocycles. The second-order valence-corrected chi connectivity index (χ2v) is 7.41. The minimum Gasteiger partial charge on any atom is -0.434 e. The van der Waals surface area contributed by atoms with E-state index in [0.29, 0.717) is 23.1 Å². The van der Waals surface area contributed by atoms with E-state index in [9.17, 15) is 13.6 Å². The maximum atomic E-state index is 12.5. The largest absolute Gasteiger partial charge is 0.434 e. The van der Waals surface area contributed by atoms with Crippen molar-refractivity contribution in [1.29, 1.82) is 0 Å². The van der Waals surface area contributed by atoms with Crippen LogP contribution in [0.15, 0.2) is 54.9 Å². The zero-order valence-electron chi connectivity index (χ0n) is 19.8. The fraction of sp³-hybridized carbons (Fsp3) is 0.320. The molecule has 0 atom stereocenters. The van der Waals surface area contributed by atoms with E-state index in [-0.39, 0.29) is 18.2 Å². The molecule has 10 heteroatoms. The molecule has 1 fully saturated rings. The van der Waals surface area contributed by atoms with Gasteiger partial charge >= 0.3 is 6.61 Å². The second kappa shape index (κ2) is 15.3. The molecule has 1 saturated heterocycles. The van der Waals surface area contributed by atoms with Crippen LogP contribution < -0.4 is 21.1 Å². The zero-order chi connectivity index (χ0) is 25.5. The summed E-state index contributed by atoms with van der Waals surface area (Å²) in [5.74, 6) is 0.244. The van der Waals surface area contributed by atoms with Crippen molar-refractivity contribution in [3.8, 4) is 16.9 Å². The van der Waals surface area contributed by atoms with E-state index in [0.717, 1.165) is 24.3 Å². The molecule has 0 unspecified atom stereocenters. The Hall–Kier alpha value is -3.63. The first-order chi connectivity index (χ1) is 17.0. The van der Waals surface area contributed by atoms with Crippen LogP contribution in [0.25, 0.3) is 11.1 Å². The quantitative estimate of drug-likeness (QED) is 0.421. The van der Waals surface area contributed by atoms with Gasteiger partial charge in [-0.2, -0.15) is 8.78 Å². The van der Waals surface area contributed by atoms with Crippen molar-refractivity contribution < 1.29 is 23.0 Å². The first-order valence-electron chi connectivity index (χ1n) is 11.1. The van der Waals surface area contributed by atoms with Crippen LogP contribution in [0.2, 0.25) is 0 Å². The fourth-order valence-corrected chi connectivity index (χ4v) is 3.04. The Kier molecular flexibility index (Phi) is 12.1. The molecule has 4 N–H and O–H groups in total. The van der Waals surface area contributed by atoms with Gasteiger partial charge in [0.15, 0.2) is 6.29 Å². The van der Waals surface area contributed by atoms with Crippen LogP contribution in [0.1, 0.15) is 28.8 Å². The smallest absolute Gasteiger partial charge is 0.387 e. The number of nitrogens with zero attached hydrogens (tertiary/aromatic N) is 2. The maximum absolute atomic E-state index is 12.5. The highest BCUT2D eigenvalue weighted by Crippen LogP contribution is 2.26. The summed E-state index contributed by atoms with van der Waals surface area (Å²) in [5.41, 5.74) is 8.52. The minimum atomic E-state index is -2.91. The van der Waals surface area contributed by atoms with Crippen LogP contribution in [-0.2, 0) is 11.3 Å². The molecule has 188 valence electrons. The molecule has 0 saturated carbocycles. The predicted octanol–water partition coefficient (Wildman–Crippen LogP) is 4.38. The van der Waals surface area contributed by atoms with Gasteiger partial charge in [-0.3, -0.25) is 4.79 Å². The molecule has 0 amide bonds. The number of hydrogen-bond donors (Lipinski definition) is 3. The minimum absolute atomic E-state index is 0.0794. The normalized spacial score (nSPS) is 12.1. The number of rotatable bonds is 7. The van der Waals surface area contributed by atoms with Gasteiger partial charge in [-0.25, -0.2) is 9.97 Å². The van der Waals surface area contributed by atoms with Gasteiger partial charge in [-0.05, 0) is 50.7 Å². The van der Waals surface area contributed by atoms with Gasteiger partial charge < -0.3 is 25.8 Å². The van der Waals surface area contributed by atoms with E-state index < -0.39 is 6.61 Å².